The third-order valence-corrected chi connectivity index (χ3v) is 3.14. The molecule has 1 atom stereocenters. The summed E-state index contributed by atoms with van der Waals surface area (Å²) in [5.74, 6) is 0.356. The fourth-order valence-electron chi connectivity index (χ4n) is 1.93. The Hall–Kier alpha value is -0.790. The first-order valence-corrected chi connectivity index (χ1v) is 5.31. The minimum Gasteiger partial charge on any atom is -0.466 e. The van der Waals surface area contributed by atoms with Crippen molar-refractivity contribution in [1.29, 1.82) is 0 Å². The summed E-state index contributed by atoms with van der Waals surface area (Å²) in [4.78, 5) is 11.7. The number of hydrogen-bond acceptors (Lipinski definition) is 2. The van der Waals surface area contributed by atoms with Gasteiger partial charge < -0.3 is 4.74 Å². The third-order valence-electron chi connectivity index (χ3n) is 3.14. The summed E-state index contributed by atoms with van der Waals surface area (Å²) in [6, 6.07) is 0. The highest BCUT2D eigenvalue weighted by atomic mass is 16.5. The Balaban J connectivity index is 2.61. The van der Waals surface area contributed by atoms with Crippen LogP contribution >= 0.6 is 0 Å². The fraction of sp³-hybridized carbons (Fsp3) is 0.750. The van der Waals surface area contributed by atoms with E-state index in [9.17, 15) is 4.79 Å². The summed E-state index contributed by atoms with van der Waals surface area (Å²) in [6.07, 6.45) is 4.27. The van der Waals surface area contributed by atoms with E-state index in [0.717, 1.165) is 12.8 Å². The van der Waals surface area contributed by atoms with E-state index in [1.807, 2.05) is 20.8 Å². The van der Waals surface area contributed by atoms with E-state index in [-0.39, 0.29) is 11.4 Å². The molecule has 0 saturated carbocycles. The molecular weight excluding hydrogens is 176 g/mol. The maximum Gasteiger partial charge on any atom is 0.311 e. The molecule has 2 heteroatoms. The fourth-order valence-corrected chi connectivity index (χ4v) is 1.93. The van der Waals surface area contributed by atoms with Gasteiger partial charge >= 0.3 is 5.97 Å². The average Bonchev–Trinajstić information content (AvgIpc) is 2.52. The van der Waals surface area contributed by atoms with Crippen molar-refractivity contribution in [2.45, 2.75) is 40.5 Å². The summed E-state index contributed by atoms with van der Waals surface area (Å²) >= 11 is 0. The second-order valence-electron chi connectivity index (χ2n) is 4.63. The van der Waals surface area contributed by atoms with E-state index in [1.54, 1.807) is 0 Å². The van der Waals surface area contributed by atoms with E-state index in [1.165, 1.54) is 5.57 Å². The second kappa shape index (κ2) is 4.16. The van der Waals surface area contributed by atoms with Gasteiger partial charge in [0, 0.05) is 0 Å². The zero-order valence-electron chi connectivity index (χ0n) is 9.59. The molecular formula is C12H20O2. The Morgan fingerprint density at radius 2 is 2.29 bits per heavy atom. The van der Waals surface area contributed by atoms with E-state index in [4.69, 9.17) is 4.74 Å². The van der Waals surface area contributed by atoms with Crippen LogP contribution in [-0.2, 0) is 9.53 Å². The smallest absolute Gasteiger partial charge is 0.311 e. The largest absolute Gasteiger partial charge is 0.466 e. The minimum atomic E-state index is -0.343. The first kappa shape index (κ1) is 11.3. The molecule has 0 fully saturated rings. The van der Waals surface area contributed by atoms with Crippen molar-refractivity contribution >= 4 is 5.97 Å². The molecule has 0 N–H and O–H groups in total. The van der Waals surface area contributed by atoms with Crippen molar-refractivity contribution in [3.63, 3.8) is 0 Å². The summed E-state index contributed by atoms with van der Waals surface area (Å²) in [6.45, 7) is 8.43. The third kappa shape index (κ3) is 2.17. The number of rotatable bonds is 3. The SMILES string of the molecule is CCOC(=O)C(C)(C)C1CC=C(C)C1. The van der Waals surface area contributed by atoms with Crippen LogP contribution in [0.4, 0.5) is 0 Å². The second-order valence-corrected chi connectivity index (χ2v) is 4.63. The number of hydrogen-bond donors (Lipinski definition) is 0. The lowest BCUT2D eigenvalue weighted by molar-refractivity contribution is -0.156. The van der Waals surface area contributed by atoms with Gasteiger partial charge in [-0.15, -0.1) is 0 Å². The molecule has 0 aromatic rings. The molecule has 1 unspecified atom stereocenters. The minimum absolute atomic E-state index is 0.0619. The van der Waals surface area contributed by atoms with Crippen molar-refractivity contribution in [2.24, 2.45) is 11.3 Å². The molecule has 0 amide bonds. The first-order valence-electron chi connectivity index (χ1n) is 5.31. The Morgan fingerprint density at radius 3 is 2.71 bits per heavy atom. The Bertz CT molecular complexity index is 251. The van der Waals surface area contributed by atoms with Crippen molar-refractivity contribution in [3.8, 4) is 0 Å². The van der Waals surface area contributed by atoms with Gasteiger partial charge in [-0.3, -0.25) is 4.79 Å². The van der Waals surface area contributed by atoms with E-state index < -0.39 is 0 Å². The highest BCUT2D eigenvalue weighted by Gasteiger charge is 2.38. The van der Waals surface area contributed by atoms with Crippen LogP contribution < -0.4 is 0 Å². The molecule has 0 heterocycles. The highest BCUT2D eigenvalue weighted by molar-refractivity contribution is 5.76. The molecule has 0 radical (unpaired) electrons. The van der Waals surface area contributed by atoms with Gasteiger partial charge in [-0.2, -0.15) is 0 Å². The van der Waals surface area contributed by atoms with Crippen LogP contribution in [0, 0.1) is 11.3 Å². The van der Waals surface area contributed by atoms with Gasteiger partial charge in [0.25, 0.3) is 0 Å². The van der Waals surface area contributed by atoms with Crippen LogP contribution in [0.25, 0.3) is 0 Å². The van der Waals surface area contributed by atoms with E-state index >= 15 is 0 Å². The maximum absolute atomic E-state index is 11.7. The summed E-state index contributed by atoms with van der Waals surface area (Å²) in [5, 5.41) is 0. The molecule has 80 valence electrons. The van der Waals surface area contributed by atoms with Crippen molar-refractivity contribution in [2.75, 3.05) is 6.61 Å². The van der Waals surface area contributed by atoms with Crippen molar-refractivity contribution < 1.29 is 9.53 Å². The average molecular weight is 196 g/mol. The first-order chi connectivity index (χ1) is 6.48. The van der Waals surface area contributed by atoms with E-state index in [2.05, 4.69) is 13.0 Å². The quantitative estimate of drug-likeness (QED) is 0.512. The zero-order chi connectivity index (χ0) is 10.8. The standard InChI is InChI=1S/C12H20O2/c1-5-14-11(13)12(3,4)10-7-6-9(2)8-10/h6,10H,5,7-8H2,1-4H3. The lowest BCUT2D eigenvalue weighted by Gasteiger charge is -2.29. The number of ether oxygens (including phenoxy) is 1. The van der Waals surface area contributed by atoms with Gasteiger partial charge in [0.2, 0.25) is 0 Å². The monoisotopic (exact) mass is 196 g/mol. The predicted molar refractivity (Wildman–Crippen MR) is 56.9 cm³/mol. The predicted octanol–water partition coefficient (Wildman–Crippen LogP) is 2.93. The summed E-state index contributed by atoms with van der Waals surface area (Å²) < 4.78 is 5.09. The van der Waals surface area contributed by atoms with Crippen LogP contribution in [-0.4, -0.2) is 12.6 Å². The van der Waals surface area contributed by atoms with Crippen LogP contribution in [0.1, 0.15) is 40.5 Å². The van der Waals surface area contributed by atoms with Gasteiger partial charge in [-0.25, -0.2) is 0 Å². The van der Waals surface area contributed by atoms with Crippen LogP contribution in [0.5, 0.6) is 0 Å². The highest BCUT2D eigenvalue weighted by Crippen LogP contribution is 2.39. The molecule has 0 aliphatic heterocycles. The normalized spacial score (nSPS) is 22.0. The van der Waals surface area contributed by atoms with Gasteiger partial charge in [-0.1, -0.05) is 11.6 Å². The topological polar surface area (TPSA) is 26.3 Å². The molecule has 1 aliphatic carbocycles. The number of allylic oxidation sites excluding steroid dienone is 2. The molecule has 1 aliphatic rings. The molecule has 0 spiro atoms. The maximum atomic E-state index is 11.7. The molecule has 1 rings (SSSR count). The Labute approximate surface area is 86.3 Å². The number of esters is 1. The van der Waals surface area contributed by atoms with E-state index in [0.29, 0.717) is 12.5 Å². The Kier molecular flexibility index (Phi) is 3.35. The zero-order valence-corrected chi connectivity index (χ0v) is 9.59. The Morgan fingerprint density at radius 1 is 1.64 bits per heavy atom. The van der Waals surface area contributed by atoms with Crippen LogP contribution in [0.15, 0.2) is 11.6 Å². The summed E-state index contributed by atoms with van der Waals surface area (Å²) in [7, 11) is 0. The summed E-state index contributed by atoms with van der Waals surface area (Å²) in [5.41, 5.74) is 1.05. The van der Waals surface area contributed by atoms with Crippen molar-refractivity contribution in [3.05, 3.63) is 11.6 Å². The molecule has 0 bridgehead atoms. The van der Waals surface area contributed by atoms with Gasteiger partial charge in [0.1, 0.15) is 0 Å². The van der Waals surface area contributed by atoms with Gasteiger partial charge in [-0.05, 0) is 46.5 Å². The lowest BCUT2D eigenvalue weighted by Crippen LogP contribution is -2.33. The molecule has 0 saturated heterocycles. The number of carbonyl (C=O) groups is 1. The van der Waals surface area contributed by atoms with Gasteiger partial charge in [0.05, 0.1) is 12.0 Å². The lowest BCUT2D eigenvalue weighted by atomic mass is 9.77. The van der Waals surface area contributed by atoms with Gasteiger partial charge in [0.15, 0.2) is 0 Å². The number of carbonyl (C=O) groups excluding carboxylic acids is 1. The molecule has 2 nitrogen and oxygen atoms in total. The molecule has 0 aromatic carbocycles. The van der Waals surface area contributed by atoms with Crippen LogP contribution in [0.2, 0.25) is 0 Å². The van der Waals surface area contributed by atoms with Crippen LogP contribution in [0.3, 0.4) is 0 Å². The molecule has 14 heavy (non-hydrogen) atoms. The molecule has 0 aromatic heterocycles. The van der Waals surface area contributed by atoms with Crippen molar-refractivity contribution in [1.82, 2.24) is 0 Å².